The molecule has 1 N–H and O–H groups in total. The van der Waals surface area contributed by atoms with Crippen molar-refractivity contribution in [2.45, 2.75) is 6.92 Å². The van der Waals surface area contributed by atoms with Crippen molar-refractivity contribution in [3.8, 4) is 0 Å². The molecule has 72 valence electrons. The van der Waals surface area contributed by atoms with Crippen molar-refractivity contribution in [3.05, 3.63) is 30.2 Å². The fourth-order valence-corrected chi connectivity index (χ4v) is 1.35. The number of esters is 1. The minimum atomic E-state index is -0.301. The zero-order chi connectivity index (χ0) is 9.97. The molecule has 0 amide bonds. The van der Waals surface area contributed by atoms with E-state index in [9.17, 15) is 4.79 Å². The molecule has 2 rings (SSSR count). The van der Waals surface area contributed by atoms with Crippen molar-refractivity contribution in [3.63, 3.8) is 0 Å². The first-order valence-electron chi connectivity index (χ1n) is 4.41. The fourth-order valence-electron chi connectivity index (χ4n) is 1.35. The molecule has 14 heavy (non-hydrogen) atoms. The van der Waals surface area contributed by atoms with Crippen molar-refractivity contribution in [1.29, 1.82) is 0 Å². The summed E-state index contributed by atoms with van der Waals surface area (Å²) in [5.74, 6) is -0.301. The Morgan fingerprint density at radius 2 is 2.50 bits per heavy atom. The normalized spacial score (nSPS) is 10.4. The highest BCUT2D eigenvalue weighted by Crippen LogP contribution is 2.17. The van der Waals surface area contributed by atoms with Gasteiger partial charge in [0.05, 0.1) is 23.9 Å². The predicted octanol–water partition coefficient (Wildman–Crippen LogP) is 1.74. The van der Waals surface area contributed by atoms with Crippen LogP contribution in [0.15, 0.2) is 24.7 Å². The molecule has 0 aliphatic heterocycles. The second-order valence-corrected chi connectivity index (χ2v) is 2.84. The maximum atomic E-state index is 11.5. The molecule has 0 unspecified atom stereocenters. The first-order valence-corrected chi connectivity index (χ1v) is 4.41. The lowest BCUT2D eigenvalue weighted by Gasteiger charge is -1.98. The third-order valence-electron chi connectivity index (χ3n) is 1.98. The van der Waals surface area contributed by atoms with Gasteiger partial charge in [-0.2, -0.15) is 0 Å². The number of ether oxygens (including phenoxy) is 1. The zero-order valence-corrected chi connectivity index (χ0v) is 7.78. The van der Waals surface area contributed by atoms with Gasteiger partial charge in [0.25, 0.3) is 0 Å². The van der Waals surface area contributed by atoms with Gasteiger partial charge < -0.3 is 9.72 Å². The van der Waals surface area contributed by atoms with Gasteiger partial charge in [-0.1, -0.05) is 0 Å². The average Bonchev–Trinajstić information content (AvgIpc) is 2.61. The van der Waals surface area contributed by atoms with Gasteiger partial charge in [-0.3, -0.25) is 4.98 Å². The van der Waals surface area contributed by atoms with Crippen molar-refractivity contribution >= 4 is 16.9 Å². The molecule has 0 atom stereocenters. The number of carbonyl (C=O) groups excluding carboxylic acids is 1. The lowest BCUT2D eigenvalue weighted by molar-refractivity contribution is 0.0529. The van der Waals surface area contributed by atoms with Crippen LogP contribution < -0.4 is 0 Å². The van der Waals surface area contributed by atoms with Gasteiger partial charge >= 0.3 is 5.97 Å². The highest BCUT2D eigenvalue weighted by Gasteiger charge is 2.11. The lowest BCUT2D eigenvalue weighted by Crippen LogP contribution is -2.03. The van der Waals surface area contributed by atoms with Crippen LogP contribution in [0.2, 0.25) is 0 Å². The highest BCUT2D eigenvalue weighted by molar-refractivity contribution is 6.03. The smallest absolute Gasteiger partial charge is 0.340 e. The number of nitrogens with one attached hydrogen (secondary N) is 1. The van der Waals surface area contributed by atoms with Crippen LogP contribution in [0.25, 0.3) is 10.9 Å². The summed E-state index contributed by atoms with van der Waals surface area (Å²) < 4.78 is 4.92. The standard InChI is InChI=1S/C10H10N2O2/c1-2-14-10(13)8-5-12-9-6-11-4-3-7(8)9/h3-6,12H,2H2,1H3. The molecule has 2 aromatic rings. The Kier molecular flexibility index (Phi) is 2.18. The summed E-state index contributed by atoms with van der Waals surface area (Å²) >= 11 is 0. The Balaban J connectivity index is 2.47. The molecule has 2 heterocycles. The summed E-state index contributed by atoms with van der Waals surface area (Å²) in [5, 5.41) is 0.846. The fraction of sp³-hybridized carbons (Fsp3) is 0.200. The van der Waals surface area contributed by atoms with Gasteiger partial charge in [0, 0.05) is 17.8 Å². The van der Waals surface area contributed by atoms with Crippen molar-refractivity contribution < 1.29 is 9.53 Å². The zero-order valence-electron chi connectivity index (χ0n) is 7.78. The van der Waals surface area contributed by atoms with Crippen molar-refractivity contribution in [2.75, 3.05) is 6.61 Å². The summed E-state index contributed by atoms with van der Waals surface area (Å²) in [7, 11) is 0. The second-order valence-electron chi connectivity index (χ2n) is 2.84. The van der Waals surface area contributed by atoms with E-state index in [1.807, 2.05) is 0 Å². The average molecular weight is 190 g/mol. The van der Waals surface area contributed by atoms with Crippen LogP contribution in [0.5, 0.6) is 0 Å². The monoisotopic (exact) mass is 190 g/mol. The summed E-state index contributed by atoms with van der Waals surface area (Å²) in [6, 6.07) is 1.79. The topological polar surface area (TPSA) is 55.0 Å². The molecule has 0 aliphatic rings. The molecular weight excluding hydrogens is 180 g/mol. The van der Waals surface area contributed by atoms with Crippen LogP contribution in [-0.4, -0.2) is 22.5 Å². The maximum absolute atomic E-state index is 11.5. The summed E-state index contributed by atoms with van der Waals surface area (Å²) in [5.41, 5.74) is 1.40. The summed E-state index contributed by atoms with van der Waals surface area (Å²) in [6.45, 7) is 2.17. The Morgan fingerprint density at radius 1 is 1.64 bits per heavy atom. The minimum absolute atomic E-state index is 0.301. The Hall–Kier alpha value is -1.84. The molecule has 0 aliphatic carbocycles. The quantitative estimate of drug-likeness (QED) is 0.734. The van der Waals surface area contributed by atoms with Crippen molar-refractivity contribution in [2.24, 2.45) is 0 Å². The maximum Gasteiger partial charge on any atom is 0.340 e. The van der Waals surface area contributed by atoms with Gasteiger partial charge in [-0.25, -0.2) is 4.79 Å². The molecule has 0 spiro atoms. The Bertz CT molecular complexity index is 462. The SMILES string of the molecule is CCOC(=O)c1c[nH]c2cnccc12. The number of H-pyrrole nitrogens is 1. The van der Waals surface area contributed by atoms with Crippen molar-refractivity contribution in [1.82, 2.24) is 9.97 Å². The Labute approximate surface area is 80.9 Å². The molecule has 4 nitrogen and oxygen atoms in total. The van der Waals surface area contributed by atoms with Gasteiger partial charge in [0.1, 0.15) is 0 Å². The third kappa shape index (κ3) is 1.35. The summed E-state index contributed by atoms with van der Waals surface area (Å²) in [6.07, 6.45) is 4.97. The third-order valence-corrected chi connectivity index (χ3v) is 1.98. The van der Waals surface area contributed by atoms with E-state index in [-0.39, 0.29) is 5.97 Å². The van der Waals surface area contributed by atoms with Gasteiger partial charge in [-0.15, -0.1) is 0 Å². The van der Waals surface area contributed by atoms with Crippen LogP contribution in [0.1, 0.15) is 17.3 Å². The van der Waals surface area contributed by atoms with Crippen LogP contribution in [0.4, 0.5) is 0 Å². The molecule has 2 aromatic heterocycles. The van der Waals surface area contributed by atoms with Crippen LogP contribution in [0, 0.1) is 0 Å². The van der Waals surface area contributed by atoms with Crippen LogP contribution in [-0.2, 0) is 4.74 Å². The Morgan fingerprint density at radius 3 is 3.29 bits per heavy atom. The van der Waals surface area contributed by atoms with Gasteiger partial charge in [0.15, 0.2) is 0 Å². The molecule has 0 aromatic carbocycles. The largest absolute Gasteiger partial charge is 0.462 e. The van der Waals surface area contributed by atoms with E-state index in [2.05, 4.69) is 9.97 Å². The number of nitrogens with zero attached hydrogens (tertiary/aromatic N) is 1. The van der Waals surface area contributed by atoms with Crippen LogP contribution >= 0.6 is 0 Å². The van der Waals surface area contributed by atoms with E-state index < -0.39 is 0 Å². The number of aromatic amines is 1. The summed E-state index contributed by atoms with van der Waals surface area (Å²) in [4.78, 5) is 18.4. The van der Waals surface area contributed by atoms with E-state index in [0.717, 1.165) is 10.9 Å². The van der Waals surface area contributed by atoms with E-state index >= 15 is 0 Å². The number of rotatable bonds is 2. The number of hydrogen-bond acceptors (Lipinski definition) is 3. The van der Waals surface area contributed by atoms with Crippen LogP contribution in [0.3, 0.4) is 0 Å². The molecule has 0 fully saturated rings. The van der Waals surface area contributed by atoms with Gasteiger partial charge in [0.2, 0.25) is 0 Å². The molecule has 0 saturated carbocycles. The minimum Gasteiger partial charge on any atom is -0.462 e. The highest BCUT2D eigenvalue weighted by atomic mass is 16.5. The van der Waals surface area contributed by atoms with E-state index in [1.165, 1.54) is 0 Å². The lowest BCUT2D eigenvalue weighted by atomic mass is 10.2. The predicted molar refractivity (Wildman–Crippen MR) is 52.1 cm³/mol. The number of carbonyl (C=O) groups is 1. The molecule has 0 bridgehead atoms. The van der Waals surface area contributed by atoms with Gasteiger partial charge in [-0.05, 0) is 13.0 Å². The number of fused-ring (bicyclic) bond motifs is 1. The molecule has 0 radical (unpaired) electrons. The first kappa shape index (κ1) is 8.74. The second kappa shape index (κ2) is 3.49. The molecule has 4 heteroatoms. The van der Waals surface area contributed by atoms with E-state index in [4.69, 9.17) is 4.74 Å². The molecular formula is C10H10N2O2. The number of aromatic nitrogens is 2. The van der Waals surface area contributed by atoms with E-state index in [1.54, 1.807) is 31.6 Å². The number of pyridine rings is 1. The first-order chi connectivity index (χ1) is 6.83. The number of hydrogen-bond donors (Lipinski definition) is 1. The van der Waals surface area contributed by atoms with E-state index in [0.29, 0.717) is 12.2 Å². The molecule has 0 saturated heterocycles.